The van der Waals surface area contributed by atoms with Crippen molar-refractivity contribution in [2.75, 3.05) is 0 Å². The Hall–Kier alpha value is 0.438. The van der Waals surface area contributed by atoms with Gasteiger partial charge in [0.1, 0.15) is 0 Å². The number of hydrogen-bond acceptors (Lipinski definition) is 1. The van der Waals surface area contributed by atoms with Crippen LogP contribution in [0.1, 0.15) is 32.1 Å². The molecule has 0 N–H and O–H groups in total. The number of hydrogen-bond donors (Lipinski definition) is 0. The second kappa shape index (κ2) is 7.78. The van der Waals surface area contributed by atoms with Gasteiger partial charge >= 0.3 is 58.8 Å². The van der Waals surface area contributed by atoms with Crippen LogP contribution >= 0.6 is 23.6 Å². The van der Waals surface area contributed by atoms with Crippen LogP contribution in [0.2, 0.25) is 0 Å². The molecule has 17 heavy (non-hydrogen) atoms. The van der Waals surface area contributed by atoms with E-state index in [1.165, 1.54) is 27.0 Å². The molecule has 0 unspecified atom stereocenters. The van der Waals surface area contributed by atoms with Crippen molar-refractivity contribution < 1.29 is 19.4 Å². The van der Waals surface area contributed by atoms with Gasteiger partial charge in [0.05, 0.1) is 0 Å². The summed E-state index contributed by atoms with van der Waals surface area (Å²) in [6, 6.07) is 0.419. The summed E-state index contributed by atoms with van der Waals surface area (Å²) in [5.74, 6) is 0. The van der Waals surface area contributed by atoms with Crippen LogP contribution in [0.4, 0.5) is 0 Å². The fourth-order valence-electron chi connectivity index (χ4n) is 1.84. The zero-order chi connectivity index (χ0) is 12.8. The number of halogens is 2. The van der Waals surface area contributed by atoms with Gasteiger partial charge in [-0.3, -0.25) is 0 Å². The molecule has 3 nitrogen and oxygen atoms in total. The summed E-state index contributed by atoms with van der Waals surface area (Å²) in [6.07, 6.45) is 10.3. The van der Waals surface area contributed by atoms with Gasteiger partial charge in [-0.2, -0.15) is 0 Å². The Balaban J connectivity index is 0.000000171. The molecule has 1 heterocycles. The molecule has 1 aliphatic rings. The second-order valence-electron chi connectivity index (χ2n) is 4.31. The third kappa shape index (κ3) is 5.30. The van der Waals surface area contributed by atoms with E-state index in [0.717, 1.165) is 12.8 Å². The summed E-state index contributed by atoms with van der Waals surface area (Å²) in [7, 11) is 4.06. The van der Waals surface area contributed by atoms with E-state index in [1.54, 1.807) is 0 Å². The first-order chi connectivity index (χ1) is 8.02. The summed E-state index contributed by atoms with van der Waals surface area (Å²) in [6.45, 7) is 0. The molecule has 0 bridgehead atoms. The van der Waals surface area contributed by atoms with Gasteiger partial charge in [0.25, 0.3) is 0 Å². The quantitative estimate of drug-likeness (QED) is 0.588. The summed E-state index contributed by atoms with van der Waals surface area (Å²) in [5, 5.41) is 0. The van der Waals surface area contributed by atoms with Crippen LogP contribution in [0.25, 0.3) is 0 Å². The molecular weight excluding hydrogens is 440 g/mol. The summed E-state index contributed by atoms with van der Waals surface area (Å²) >= 11 is 13.4. The van der Waals surface area contributed by atoms with E-state index in [1.807, 2.05) is 26.5 Å². The molecule has 0 saturated heterocycles. The summed E-state index contributed by atoms with van der Waals surface area (Å²) in [4.78, 5) is 0. The molecular formula is C11H19Cl2N3Pt. The molecule has 6 heteroatoms. The Morgan fingerprint density at radius 2 is 1.59 bits per heavy atom. The first-order valence-corrected chi connectivity index (χ1v) is 7.57. The van der Waals surface area contributed by atoms with E-state index in [4.69, 9.17) is 23.6 Å². The minimum absolute atomic E-state index is 0.419. The third-order valence-electron chi connectivity index (χ3n) is 2.90. The maximum atomic E-state index is 5.56. The van der Waals surface area contributed by atoms with E-state index in [0.29, 0.717) is 6.04 Å². The van der Waals surface area contributed by atoms with Gasteiger partial charge in [0.15, 0.2) is 0 Å². The standard InChI is InChI=1S/C6H11Cl2N.C5H8N2.Pt/c7-9(8)6-4-2-1-3-5-6;1-6-3-4-7(2)5-6;/h6H,1-5H2;3-4H,1-2H3;. The molecule has 0 atom stereocenters. The Kier molecular flexibility index (Phi) is 7.09. The van der Waals surface area contributed by atoms with Crippen molar-refractivity contribution in [1.29, 1.82) is 0 Å². The van der Waals surface area contributed by atoms with Gasteiger partial charge in [0, 0.05) is 6.04 Å². The Bertz CT molecular complexity index is 358. The zero-order valence-corrected chi connectivity index (χ0v) is 14.0. The van der Waals surface area contributed by atoms with Crippen LogP contribution in [0.3, 0.4) is 0 Å². The number of imidazole rings is 1. The van der Waals surface area contributed by atoms with Gasteiger partial charge in [-0.25, -0.2) is 0 Å². The van der Waals surface area contributed by atoms with Crippen molar-refractivity contribution >= 4 is 23.6 Å². The Morgan fingerprint density at radius 3 is 1.82 bits per heavy atom. The van der Waals surface area contributed by atoms with Crippen molar-refractivity contribution in [1.82, 2.24) is 13.1 Å². The van der Waals surface area contributed by atoms with E-state index >= 15 is 0 Å². The van der Waals surface area contributed by atoms with Gasteiger partial charge in [-0.15, -0.1) is 3.94 Å². The Morgan fingerprint density at radius 1 is 1.12 bits per heavy atom. The number of aryl methyl sites for hydroxylation is 2. The fraction of sp³-hybridized carbons (Fsp3) is 0.727. The molecule has 0 radical (unpaired) electrons. The predicted molar refractivity (Wildman–Crippen MR) is 68.0 cm³/mol. The molecule has 0 amide bonds. The molecule has 2 rings (SSSR count). The van der Waals surface area contributed by atoms with Crippen molar-refractivity contribution in [2.24, 2.45) is 14.1 Å². The normalized spacial score (nSPS) is 16.9. The summed E-state index contributed by atoms with van der Waals surface area (Å²) in [5.41, 5.74) is 0. The van der Waals surface area contributed by atoms with Crippen LogP contribution in [-0.4, -0.2) is 19.1 Å². The minimum atomic E-state index is 0.419. The van der Waals surface area contributed by atoms with Crippen LogP contribution in [0.5, 0.6) is 0 Å². The van der Waals surface area contributed by atoms with E-state index in [-0.39, 0.29) is 0 Å². The predicted octanol–water partition coefficient (Wildman–Crippen LogP) is 3.37. The van der Waals surface area contributed by atoms with E-state index in [2.05, 4.69) is 28.5 Å². The van der Waals surface area contributed by atoms with Crippen LogP contribution < -0.4 is 0 Å². The van der Waals surface area contributed by atoms with Gasteiger partial charge < -0.3 is 0 Å². The molecule has 1 aliphatic carbocycles. The molecule has 1 aromatic rings. The van der Waals surface area contributed by atoms with Crippen molar-refractivity contribution in [2.45, 2.75) is 38.1 Å². The van der Waals surface area contributed by atoms with Gasteiger partial charge in [0.2, 0.25) is 0 Å². The average Bonchev–Trinajstić information content (AvgIpc) is 2.62. The first kappa shape index (κ1) is 15.5. The second-order valence-corrected chi connectivity index (χ2v) is 6.23. The fourth-order valence-corrected chi connectivity index (χ4v) is 2.57. The van der Waals surface area contributed by atoms with Crippen molar-refractivity contribution in [3.05, 3.63) is 16.2 Å². The SMILES string of the molecule is ClN(Cl)C1CCCCC1.Cn1ccn(C)[c]1=[Pt]. The average molecular weight is 459 g/mol. The number of rotatable bonds is 1. The third-order valence-corrected chi connectivity index (χ3v) is 5.06. The monoisotopic (exact) mass is 458 g/mol. The van der Waals surface area contributed by atoms with Crippen molar-refractivity contribution in [3.8, 4) is 0 Å². The van der Waals surface area contributed by atoms with Crippen LogP contribution in [-0.2, 0) is 33.4 Å². The van der Waals surface area contributed by atoms with E-state index in [9.17, 15) is 0 Å². The van der Waals surface area contributed by atoms with Gasteiger partial charge in [-0.1, -0.05) is 19.3 Å². The molecule has 0 aromatic carbocycles. The van der Waals surface area contributed by atoms with Crippen molar-refractivity contribution in [3.63, 3.8) is 0 Å². The molecule has 1 fully saturated rings. The first-order valence-electron chi connectivity index (χ1n) is 5.76. The van der Waals surface area contributed by atoms with Gasteiger partial charge in [-0.05, 0) is 36.4 Å². The Labute approximate surface area is 124 Å². The summed E-state index contributed by atoms with van der Waals surface area (Å²) < 4.78 is 6.69. The molecule has 1 saturated carbocycles. The molecule has 0 aliphatic heterocycles. The maximum absolute atomic E-state index is 5.56. The molecule has 0 spiro atoms. The zero-order valence-electron chi connectivity index (χ0n) is 10.2. The van der Waals surface area contributed by atoms with Crippen LogP contribution in [0.15, 0.2) is 12.4 Å². The molecule has 1 aromatic heterocycles. The number of aromatic nitrogens is 2. The molecule has 102 valence electrons. The number of nitrogens with zero attached hydrogens (tertiary/aromatic N) is 3. The van der Waals surface area contributed by atoms with E-state index < -0.39 is 0 Å². The topological polar surface area (TPSA) is 13.1 Å². The van der Waals surface area contributed by atoms with Crippen LogP contribution in [0, 0.1) is 3.80 Å².